The van der Waals surface area contributed by atoms with Crippen LogP contribution in [-0.4, -0.2) is 34.7 Å². The summed E-state index contributed by atoms with van der Waals surface area (Å²) in [6.45, 7) is 8.04. The molecule has 2 aliphatic heterocycles. The van der Waals surface area contributed by atoms with E-state index in [0.717, 1.165) is 12.8 Å². The molecule has 2 fully saturated rings. The fourth-order valence-corrected chi connectivity index (χ4v) is 4.41. The van der Waals surface area contributed by atoms with Gasteiger partial charge in [0.1, 0.15) is 0 Å². The lowest BCUT2D eigenvalue weighted by Gasteiger charge is -2.50. The van der Waals surface area contributed by atoms with E-state index in [9.17, 15) is 5.11 Å². The Morgan fingerprint density at radius 1 is 1.12 bits per heavy atom. The minimum Gasteiger partial charge on any atom is -0.392 e. The minimum absolute atomic E-state index is 0.0547. The number of aliphatic hydroxyl groups excluding tert-OH is 1. The zero-order valence-electron chi connectivity index (χ0n) is 11.7. The molecule has 2 aliphatic rings. The molecule has 0 spiro atoms. The second-order valence-corrected chi connectivity index (χ2v) is 5.94. The van der Waals surface area contributed by atoms with Crippen LogP contribution in [0, 0.1) is 11.8 Å². The SMILES string of the molecule is CCC[C@H]1[C@@H](CC)[C@@H](O)[C@H](CC)[C@H]2CCCN21. The van der Waals surface area contributed by atoms with Crippen molar-refractivity contribution in [3.8, 4) is 0 Å². The van der Waals surface area contributed by atoms with Crippen molar-refractivity contribution >= 4 is 0 Å². The molecule has 0 aromatic heterocycles. The second kappa shape index (κ2) is 5.71. The average Bonchev–Trinajstić information content (AvgIpc) is 2.79. The summed E-state index contributed by atoms with van der Waals surface area (Å²) >= 11 is 0. The minimum atomic E-state index is -0.0547. The highest BCUT2D eigenvalue weighted by atomic mass is 16.3. The Kier molecular flexibility index (Phi) is 4.48. The van der Waals surface area contributed by atoms with Gasteiger partial charge in [0.05, 0.1) is 6.10 Å². The first-order valence-electron chi connectivity index (χ1n) is 7.68. The molecule has 5 atom stereocenters. The van der Waals surface area contributed by atoms with Crippen molar-refractivity contribution in [2.24, 2.45) is 11.8 Å². The van der Waals surface area contributed by atoms with Crippen molar-refractivity contribution in [3.63, 3.8) is 0 Å². The Bertz CT molecular complexity index is 241. The molecule has 100 valence electrons. The highest BCUT2D eigenvalue weighted by Gasteiger charge is 2.47. The third-order valence-electron chi connectivity index (χ3n) is 5.16. The van der Waals surface area contributed by atoms with E-state index in [0.29, 0.717) is 23.9 Å². The molecular weight excluding hydrogens is 210 g/mol. The van der Waals surface area contributed by atoms with E-state index >= 15 is 0 Å². The van der Waals surface area contributed by atoms with Gasteiger partial charge in [-0.15, -0.1) is 0 Å². The molecule has 2 nitrogen and oxygen atoms in total. The van der Waals surface area contributed by atoms with Gasteiger partial charge in [-0.3, -0.25) is 4.90 Å². The largest absolute Gasteiger partial charge is 0.392 e. The Labute approximate surface area is 106 Å². The van der Waals surface area contributed by atoms with Crippen molar-refractivity contribution in [2.75, 3.05) is 6.54 Å². The van der Waals surface area contributed by atoms with Crippen LogP contribution in [0.3, 0.4) is 0 Å². The maximum atomic E-state index is 10.6. The summed E-state index contributed by atoms with van der Waals surface area (Å²) in [5.41, 5.74) is 0. The predicted octanol–water partition coefficient (Wildman–Crippen LogP) is 3.05. The molecule has 0 bridgehead atoms. The molecule has 2 rings (SSSR count). The van der Waals surface area contributed by atoms with Gasteiger partial charge in [-0.05, 0) is 38.6 Å². The third kappa shape index (κ3) is 2.26. The molecule has 0 unspecified atom stereocenters. The summed E-state index contributed by atoms with van der Waals surface area (Å²) in [4.78, 5) is 2.75. The quantitative estimate of drug-likeness (QED) is 0.815. The summed E-state index contributed by atoms with van der Waals surface area (Å²) in [5.74, 6) is 1.03. The van der Waals surface area contributed by atoms with Gasteiger partial charge >= 0.3 is 0 Å². The fraction of sp³-hybridized carbons (Fsp3) is 1.00. The second-order valence-electron chi connectivity index (χ2n) is 5.94. The van der Waals surface area contributed by atoms with Gasteiger partial charge in [0.25, 0.3) is 0 Å². The van der Waals surface area contributed by atoms with E-state index in [2.05, 4.69) is 25.7 Å². The summed E-state index contributed by atoms with van der Waals surface area (Å²) in [7, 11) is 0. The number of rotatable bonds is 4. The standard InChI is InChI=1S/C15H29NO/c1-4-8-13-11(5-2)15(17)12(6-3)14-9-7-10-16(13)14/h11-15,17H,4-10H2,1-3H3/t11-,12-,13+,14-,15-/m1/s1. The highest BCUT2D eigenvalue weighted by Crippen LogP contribution is 2.42. The zero-order chi connectivity index (χ0) is 12.4. The van der Waals surface area contributed by atoms with Crippen molar-refractivity contribution in [2.45, 2.75) is 77.5 Å². The number of nitrogens with zero attached hydrogens (tertiary/aromatic N) is 1. The van der Waals surface area contributed by atoms with Crippen LogP contribution in [0.25, 0.3) is 0 Å². The number of fused-ring (bicyclic) bond motifs is 1. The van der Waals surface area contributed by atoms with Crippen LogP contribution >= 0.6 is 0 Å². The van der Waals surface area contributed by atoms with Gasteiger partial charge in [-0.2, -0.15) is 0 Å². The van der Waals surface area contributed by atoms with Gasteiger partial charge in [-0.1, -0.05) is 27.2 Å². The number of hydrogen-bond donors (Lipinski definition) is 1. The van der Waals surface area contributed by atoms with E-state index in [1.54, 1.807) is 0 Å². The topological polar surface area (TPSA) is 23.5 Å². The Hall–Kier alpha value is -0.0800. The molecule has 1 N–H and O–H groups in total. The maximum Gasteiger partial charge on any atom is 0.0626 e. The van der Waals surface area contributed by atoms with Gasteiger partial charge < -0.3 is 5.11 Å². The third-order valence-corrected chi connectivity index (χ3v) is 5.16. The van der Waals surface area contributed by atoms with Gasteiger partial charge in [0.2, 0.25) is 0 Å². The van der Waals surface area contributed by atoms with Crippen molar-refractivity contribution < 1.29 is 5.11 Å². The first-order valence-corrected chi connectivity index (χ1v) is 7.68. The average molecular weight is 239 g/mol. The summed E-state index contributed by atoms with van der Waals surface area (Å²) in [6, 6.07) is 1.32. The Morgan fingerprint density at radius 3 is 2.41 bits per heavy atom. The molecular formula is C15H29NO. The molecule has 0 amide bonds. The molecule has 2 saturated heterocycles. The summed E-state index contributed by atoms with van der Waals surface area (Å²) in [5, 5.41) is 10.6. The molecule has 17 heavy (non-hydrogen) atoms. The van der Waals surface area contributed by atoms with E-state index in [1.165, 1.54) is 32.2 Å². The van der Waals surface area contributed by atoms with Gasteiger partial charge in [-0.25, -0.2) is 0 Å². The number of aliphatic hydroxyl groups is 1. The van der Waals surface area contributed by atoms with Gasteiger partial charge in [0, 0.05) is 23.9 Å². The molecule has 2 heterocycles. The van der Waals surface area contributed by atoms with Crippen LogP contribution in [0.1, 0.15) is 59.3 Å². The first kappa shape index (κ1) is 13.4. The maximum absolute atomic E-state index is 10.6. The molecule has 0 aromatic rings. The van der Waals surface area contributed by atoms with Crippen LogP contribution < -0.4 is 0 Å². The van der Waals surface area contributed by atoms with Crippen molar-refractivity contribution in [3.05, 3.63) is 0 Å². The van der Waals surface area contributed by atoms with Crippen LogP contribution in [0.4, 0.5) is 0 Å². The number of hydrogen-bond acceptors (Lipinski definition) is 2. The molecule has 0 aromatic carbocycles. The summed E-state index contributed by atoms with van der Waals surface area (Å²) < 4.78 is 0. The number of piperidine rings is 1. The van der Waals surface area contributed by atoms with Crippen molar-refractivity contribution in [1.82, 2.24) is 4.90 Å². The Balaban J connectivity index is 2.20. The van der Waals surface area contributed by atoms with Gasteiger partial charge in [0.15, 0.2) is 0 Å². The van der Waals surface area contributed by atoms with E-state index < -0.39 is 0 Å². The monoisotopic (exact) mass is 239 g/mol. The normalized spacial score (nSPS) is 42.7. The highest BCUT2D eigenvalue weighted by molar-refractivity contribution is 5.01. The molecule has 2 heteroatoms. The first-order chi connectivity index (χ1) is 8.24. The lowest BCUT2D eigenvalue weighted by Crippen LogP contribution is -2.58. The van der Waals surface area contributed by atoms with E-state index in [-0.39, 0.29) is 6.10 Å². The summed E-state index contributed by atoms with van der Waals surface area (Å²) in [6.07, 6.45) is 7.37. The zero-order valence-corrected chi connectivity index (χ0v) is 11.7. The lowest BCUT2D eigenvalue weighted by atomic mass is 9.73. The molecule has 0 radical (unpaired) electrons. The van der Waals surface area contributed by atoms with Crippen molar-refractivity contribution in [1.29, 1.82) is 0 Å². The fourth-order valence-electron chi connectivity index (χ4n) is 4.41. The smallest absolute Gasteiger partial charge is 0.0626 e. The predicted molar refractivity (Wildman–Crippen MR) is 72.0 cm³/mol. The van der Waals surface area contributed by atoms with E-state index in [1.807, 2.05) is 0 Å². The van der Waals surface area contributed by atoms with Crippen LogP contribution in [-0.2, 0) is 0 Å². The van der Waals surface area contributed by atoms with Crippen LogP contribution in [0.5, 0.6) is 0 Å². The van der Waals surface area contributed by atoms with Crippen LogP contribution in [0.15, 0.2) is 0 Å². The van der Waals surface area contributed by atoms with Crippen LogP contribution in [0.2, 0.25) is 0 Å². The molecule has 0 saturated carbocycles. The lowest BCUT2D eigenvalue weighted by molar-refractivity contribution is -0.0836. The Morgan fingerprint density at radius 2 is 1.82 bits per heavy atom. The molecule has 0 aliphatic carbocycles. The van der Waals surface area contributed by atoms with E-state index in [4.69, 9.17) is 0 Å².